The number of hydrogen-bond donors (Lipinski definition) is 0. The Kier molecular flexibility index (Phi) is 44.3. The van der Waals surface area contributed by atoms with E-state index in [0.29, 0.717) is 24.1 Å². The van der Waals surface area contributed by atoms with Crippen LogP contribution in [0.4, 0.5) is 0 Å². The second-order valence-corrected chi connectivity index (χ2v) is 20.3. The maximum absolute atomic E-state index is 12.7. The number of phosphoric ester groups is 1. The zero-order chi connectivity index (χ0) is 44.1. The smallest absolute Gasteiger partial charge is 0.306 e. The molecule has 8 nitrogen and oxygen atoms in total. The van der Waals surface area contributed by atoms with Crippen molar-refractivity contribution in [1.29, 1.82) is 0 Å². The fraction of sp³-hybridized carbons (Fsp3) is 0.941. The molecule has 0 aromatic rings. The zero-order valence-corrected chi connectivity index (χ0v) is 41.6. The van der Waals surface area contributed by atoms with E-state index in [1.54, 1.807) is 0 Å². The van der Waals surface area contributed by atoms with Gasteiger partial charge in [-0.2, -0.15) is 0 Å². The van der Waals surface area contributed by atoms with Gasteiger partial charge in [0.25, 0.3) is 7.82 Å². The van der Waals surface area contributed by atoms with Crippen molar-refractivity contribution in [1.82, 2.24) is 0 Å². The number of likely N-dealkylation sites (N-methyl/N-ethyl adjacent to an activating group) is 1. The molecule has 0 amide bonds. The molecule has 0 rings (SSSR count). The molecule has 358 valence electrons. The van der Waals surface area contributed by atoms with Gasteiger partial charge >= 0.3 is 5.97 Å². The number of ether oxygens (including phenoxy) is 2. The Morgan fingerprint density at radius 3 is 1.27 bits per heavy atom. The Hall–Kier alpha value is -0.760. The Morgan fingerprint density at radius 2 is 0.867 bits per heavy atom. The summed E-state index contributed by atoms with van der Waals surface area (Å²) in [5, 5.41) is 0. The quantitative estimate of drug-likeness (QED) is 0.0198. The van der Waals surface area contributed by atoms with Crippen LogP contribution in [-0.4, -0.2) is 70.7 Å². The van der Waals surface area contributed by atoms with E-state index in [1.165, 1.54) is 186 Å². The predicted octanol–water partition coefficient (Wildman–Crippen LogP) is 15.2. The Labute approximate surface area is 373 Å². The topological polar surface area (TPSA) is 94.1 Å². The summed E-state index contributed by atoms with van der Waals surface area (Å²) in [6, 6.07) is 0. The van der Waals surface area contributed by atoms with E-state index in [9.17, 15) is 14.3 Å². The van der Waals surface area contributed by atoms with Gasteiger partial charge in [-0.05, 0) is 38.5 Å². The van der Waals surface area contributed by atoms with Crippen molar-refractivity contribution >= 4 is 13.8 Å². The number of hydrogen-bond acceptors (Lipinski definition) is 7. The molecular formula is C51H102NO7P. The average molecular weight is 872 g/mol. The number of esters is 1. The zero-order valence-electron chi connectivity index (χ0n) is 40.7. The van der Waals surface area contributed by atoms with Gasteiger partial charge in [0.05, 0.1) is 34.4 Å². The average Bonchev–Trinajstić information content (AvgIpc) is 3.20. The van der Waals surface area contributed by atoms with Crippen LogP contribution in [0.1, 0.15) is 251 Å². The van der Waals surface area contributed by atoms with Crippen molar-refractivity contribution in [3.63, 3.8) is 0 Å². The van der Waals surface area contributed by atoms with Crippen molar-refractivity contribution in [3.8, 4) is 0 Å². The van der Waals surface area contributed by atoms with Gasteiger partial charge in [-0.1, -0.05) is 219 Å². The standard InChI is InChI=1S/C51H102NO7P/c1-6-8-10-12-14-16-18-20-22-23-24-25-26-27-28-29-30-31-33-35-37-39-41-43-46-56-48-50(49-58-60(54,55)57-47-45-52(3,4)5)59-51(53)44-42-40-38-36-34-32-21-19-17-15-13-11-9-7-2/h19,21,50H,6-18,20,22-49H2,1-5H3/b21-19-. The third kappa shape index (κ3) is 48.3. The summed E-state index contributed by atoms with van der Waals surface area (Å²) in [4.78, 5) is 25.1. The van der Waals surface area contributed by atoms with E-state index in [-0.39, 0.29) is 25.8 Å². The lowest BCUT2D eigenvalue weighted by Gasteiger charge is -2.28. The first-order valence-corrected chi connectivity index (χ1v) is 27.4. The fourth-order valence-corrected chi connectivity index (χ4v) is 8.27. The lowest BCUT2D eigenvalue weighted by atomic mass is 10.0. The van der Waals surface area contributed by atoms with Crippen molar-refractivity contribution in [2.24, 2.45) is 0 Å². The maximum Gasteiger partial charge on any atom is 0.306 e. The highest BCUT2D eigenvalue weighted by Gasteiger charge is 2.20. The highest BCUT2D eigenvalue weighted by Crippen LogP contribution is 2.38. The first kappa shape index (κ1) is 59.2. The Morgan fingerprint density at radius 1 is 0.500 bits per heavy atom. The molecule has 0 aromatic heterocycles. The van der Waals surface area contributed by atoms with Gasteiger partial charge in [0, 0.05) is 13.0 Å². The fourth-order valence-electron chi connectivity index (χ4n) is 7.54. The van der Waals surface area contributed by atoms with Crippen LogP contribution in [0.15, 0.2) is 12.2 Å². The number of rotatable bonds is 49. The lowest BCUT2D eigenvalue weighted by molar-refractivity contribution is -0.870. The molecule has 0 N–H and O–H groups in total. The highest BCUT2D eigenvalue weighted by molar-refractivity contribution is 7.45. The van der Waals surface area contributed by atoms with E-state index < -0.39 is 13.9 Å². The minimum Gasteiger partial charge on any atom is -0.756 e. The van der Waals surface area contributed by atoms with Crippen LogP contribution < -0.4 is 4.89 Å². The van der Waals surface area contributed by atoms with Crippen LogP contribution in [0, 0.1) is 0 Å². The molecule has 0 aliphatic rings. The van der Waals surface area contributed by atoms with E-state index in [0.717, 1.165) is 44.9 Å². The number of carbonyl (C=O) groups is 1. The highest BCUT2D eigenvalue weighted by atomic mass is 31.2. The van der Waals surface area contributed by atoms with Crippen LogP contribution in [-0.2, 0) is 27.9 Å². The van der Waals surface area contributed by atoms with E-state index in [1.807, 2.05) is 21.1 Å². The molecule has 0 fully saturated rings. The molecule has 0 heterocycles. The molecule has 0 radical (unpaired) electrons. The Bertz CT molecular complexity index is 972. The third-order valence-corrected chi connectivity index (χ3v) is 12.5. The van der Waals surface area contributed by atoms with Gasteiger partial charge in [0.2, 0.25) is 0 Å². The first-order valence-electron chi connectivity index (χ1n) is 25.9. The van der Waals surface area contributed by atoms with Gasteiger partial charge in [0.1, 0.15) is 19.3 Å². The number of quaternary nitrogens is 1. The molecule has 0 aliphatic carbocycles. The largest absolute Gasteiger partial charge is 0.756 e. The van der Waals surface area contributed by atoms with Crippen LogP contribution in [0.5, 0.6) is 0 Å². The summed E-state index contributed by atoms with van der Waals surface area (Å²) in [5.74, 6) is -0.337. The second-order valence-electron chi connectivity index (χ2n) is 18.9. The van der Waals surface area contributed by atoms with Gasteiger partial charge in [-0.15, -0.1) is 0 Å². The summed E-state index contributed by atoms with van der Waals surface area (Å²) in [6.45, 7) is 5.45. The summed E-state index contributed by atoms with van der Waals surface area (Å²) in [7, 11) is 1.37. The van der Waals surface area contributed by atoms with E-state index in [2.05, 4.69) is 26.0 Å². The Balaban J connectivity index is 4.03. The third-order valence-electron chi connectivity index (χ3n) is 11.6. The minimum absolute atomic E-state index is 0.0280. The summed E-state index contributed by atoms with van der Waals surface area (Å²) in [6.07, 6.45) is 51.0. The summed E-state index contributed by atoms with van der Waals surface area (Å²) < 4.78 is 34.7. The van der Waals surface area contributed by atoms with Gasteiger partial charge in [-0.3, -0.25) is 9.36 Å². The van der Waals surface area contributed by atoms with Crippen LogP contribution in [0.2, 0.25) is 0 Å². The number of carbonyl (C=O) groups excluding carboxylic acids is 1. The molecule has 0 bridgehead atoms. The molecule has 2 atom stereocenters. The molecule has 0 spiro atoms. The molecule has 60 heavy (non-hydrogen) atoms. The van der Waals surface area contributed by atoms with E-state index >= 15 is 0 Å². The number of phosphoric acid groups is 1. The van der Waals surface area contributed by atoms with Crippen LogP contribution in [0.25, 0.3) is 0 Å². The van der Waals surface area contributed by atoms with Gasteiger partial charge in [-0.25, -0.2) is 0 Å². The molecule has 0 saturated heterocycles. The lowest BCUT2D eigenvalue weighted by Crippen LogP contribution is -2.37. The molecule has 2 unspecified atom stereocenters. The normalized spacial score (nSPS) is 13.6. The monoisotopic (exact) mass is 872 g/mol. The van der Waals surface area contributed by atoms with E-state index in [4.69, 9.17) is 18.5 Å². The maximum atomic E-state index is 12.7. The minimum atomic E-state index is -4.52. The van der Waals surface area contributed by atoms with Crippen molar-refractivity contribution in [2.45, 2.75) is 258 Å². The van der Waals surface area contributed by atoms with Crippen molar-refractivity contribution in [2.75, 3.05) is 54.1 Å². The van der Waals surface area contributed by atoms with Crippen LogP contribution >= 0.6 is 7.82 Å². The predicted molar refractivity (Wildman–Crippen MR) is 254 cm³/mol. The van der Waals surface area contributed by atoms with Gasteiger partial charge in [0.15, 0.2) is 0 Å². The molecule has 9 heteroatoms. The molecule has 0 aromatic carbocycles. The number of allylic oxidation sites excluding steroid dienone is 2. The molecular weight excluding hydrogens is 770 g/mol. The SMILES string of the molecule is CCCCCCC/C=C\CCCCCCCC(=O)OC(COCCCCCCCCCCCCCCCCCCCCCCCCCC)COP(=O)([O-])OCC[N+](C)(C)C. The number of unbranched alkanes of at least 4 members (excludes halogenated alkanes) is 33. The van der Waals surface area contributed by atoms with Crippen molar-refractivity contribution in [3.05, 3.63) is 12.2 Å². The van der Waals surface area contributed by atoms with Gasteiger partial charge < -0.3 is 27.9 Å². The van der Waals surface area contributed by atoms with Crippen molar-refractivity contribution < 1.29 is 37.3 Å². The second kappa shape index (κ2) is 44.8. The summed E-state index contributed by atoms with van der Waals surface area (Å²) in [5.41, 5.74) is 0. The molecule has 0 aliphatic heterocycles. The number of nitrogens with zero attached hydrogens (tertiary/aromatic N) is 1. The first-order chi connectivity index (χ1) is 29.1. The van der Waals surface area contributed by atoms with Crippen LogP contribution in [0.3, 0.4) is 0 Å². The summed E-state index contributed by atoms with van der Waals surface area (Å²) >= 11 is 0. The molecule has 0 saturated carbocycles.